The van der Waals surface area contributed by atoms with Crippen LogP contribution in [0.3, 0.4) is 0 Å². The van der Waals surface area contributed by atoms with E-state index in [0.717, 1.165) is 25.9 Å². The number of aromatic nitrogens is 3. The number of sulfonamides is 1. The van der Waals surface area contributed by atoms with Gasteiger partial charge in [0.2, 0.25) is 10.0 Å². The number of piperidine rings is 2. The van der Waals surface area contributed by atoms with Crippen LogP contribution in [0, 0.1) is 5.41 Å². The number of hydrogen-bond donors (Lipinski definition) is 3. The summed E-state index contributed by atoms with van der Waals surface area (Å²) in [5.41, 5.74) is 2.31. The number of rotatable bonds is 9. The van der Waals surface area contributed by atoms with Gasteiger partial charge in [0, 0.05) is 55.3 Å². The number of pyridine rings is 1. The van der Waals surface area contributed by atoms with Crippen molar-refractivity contribution in [3.8, 4) is 0 Å². The molecule has 14 heteroatoms. The van der Waals surface area contributed by atoms with Crippen molar-refractivity contribution in [2.24, 2.45) is 5.41 Å². The van der Waals surface area contributed by atoms with E-state index < -0.39 is 34.2 Å². The predicted molar refractivity (Wildman–Crippen MR) is 159 cm³/mol. The zero-order valence-corrected chi connectivity index (χ0v) is 24.5. The summed E-state index contributed by atoms with van der Waals surface area (Å²) in [5, 5.41) is 12.6. The quantitative estimate of drug-likeness (QED) is 0.329. The van der Waals surface area contributed by atoms with E-state index >= 15 is 0 Å². The Morgan fingerprint density at radius 3 is 2.47 bits per heavy atom. The van der Waals surface area contributed by atoms with Crippen LogP contribution in [0.5, 0.6) is 0 Å². The third-order valence-electron chi connectivity index (χ3n) is 8.76. The second-order valence-electron chi connectivity index (χ2n) is 11.9. The summed E-state index contributed by atoms with van der Waals surface area (Å²) in [6.07, 6.45) is 7.10. The molecule has 0 bridgehead atoms. The average Bonchev–Trinajstić information content (AvgIpc) is 3.72. The zero-order chi connectivity index (χ0) is 30.2. The maximum absolute atomic E-state index is 13.9. The number of nitrogens with one attached hydrogen (secondary N) is 2. The van der Waals surface area contributed by atoms with Crippen LogP contribution in [-0.4, -0.2) is 83.7 Å². The molecule has 11 nitrogen and oxygen atoms in total. The minimum atomic E-state index is -3.75. The lowest BCUT2D eigenvalue weighted by molar-refractivity contribution is -0.0221. The van der Waals surface area contributed by atoms with Crippen molar-refractivity contribution in [2.45, 2.75) is 51.0 Å². The Morgan fingerprint density at radius 2 is 1.77 bits per heavy atom. The molecule has 3 N–H and O–H groups in total. The van der Waals surface area contributed by atoms with Crippen molar-refractivity contribution in [3.05, 3.63) is 47.9 Å². The largest absolute Gasteiger partial charge is 0.395 e. The highest BCUT2D eigenvalue weighted by atomic mass is 32.2. The molecular weight excluding hydrogens is 580 g/mol. The number of alkyl halides is 2. The van der Waals surface area contributed by atoms with Gasteiger partial charge in [0.15, 0.2) is 5.82 Å². The number of fused-ring (bicyclic) bond motifs is 1. The number of carbonyl (C=O) groups is 1. The number of carbonyl (C=O) groups excluding carboxylic acids is 1. The molecule has 230 valence electrons. The molecule has 0 radical (unpaired) electrons. The normalized spacial score (nSPS) is 19.8. The topological polar surface area (TPSA) is 141 Å². The standard InChI is InChI=1S/C29H35F2N7O4S/c30-29(31)7-11-38(12-8-29)26-25-20(17-32-19-33-25)16-24(34-26)35-27(40)23-2-1-22(36-43(41,42)14-13-39)15-21(23)18-37-9-5-28(3-4-28)6-10-37/h1-2,15-17,19,36,39H,3-14,18H2,(H,34,35,40). The number of nitrogens with zero attached hydrogens (tertiary/aromatic N) is 5. The van der Waals surface area contributed by atoms with Gasteiger partial charge in [-0.05, 0) is 74.0 Å². The Hall–Kier alpha value is -3.49. The van der Waals surface area contributed by atoms with Crippen molar-refractivity contribution in [1.82, 2.24) is 19.9 Å². The van der Waals surface area contributed by atoms with Gasteiger partial charge in [-0.1, -0.05) is 0 Å². The number of likely N-dealkylation sites (tertiary alicyclic amines) is 1. The fourth-order valence-corrected chi connectivity index (χ4v) is 6.79. The van der Waals surface area contributed by atoms with Gasteiger partial charge in [-0.2, -0.15) is 0 Å². The number of amides is 1. The molecule has 1 saturated carbocycles. The minimum absolute atomic E-state index is 0.103. The monoisotopic (exact) mass is 615 g/mol. The number of aliphatic hydroxyl groups is 1. The molecular formula is C29H35F2N7O4S. The fourth-order valence-electron chi connectivity index (χ4n) is 5.96. The van der Waals surface area contributed by atoms with Crippen LogP contribution < -0.4 is 14.9 Å². The molecule has 6 rings (SSSR count). The summed E-state index contributed by atoms with van der Waals surface area (Å²) in [6, 6.07) is 6.40. The Labute approximate surface area is 248 Å². The summed E-state index contributed by atoms with van der Waals surface area (Å²) in [5.74, 6) is -2.97. The molecule has 0 unspecified atom stereocenters. The summed E-state index contributed by atoms with van der Waals surface area (Å²) in [6.45, 7) is 1.94. The molecule has 0 atom stereocenters. The van der Waals surface area contributed by atoms with Crippen molar-refractivity contribution in [3.63, 3.8) is 0 Å². The van der Waals surface area contributed by atoms with Crippen LogP contribution in [0.15, 0.2) is 36.8 Å². The number of anilines is 3. The van der Waals surface area contributed by atoms with Crippen LogP contribution >= 0.6 is 0 Å². The lowest BCUT2D eigenvalue weighted by atomic mass is 9.93. The number of aliphatic hydroxyl groups excluding tert-OH is 1. The highest BCUT2D eigenvalue weighted by molar-refractivity contribution is 7.92. The molecule has 4 heterocycles. The molecule has 3 fully saturated rings. The molecule has 1 aliphatic carbocycles. The van der Waals surface area contributed by atoms with E-state index in [1.807, 2.05) is 0 Å². The third kappa shape index (κ3) is 6.86. The predicted octanol–water partition coefficient (Wildman–Crippen LogP) is 3.62. The van der Waals surface area contributed by atoms with E-state index in [4.69, 9.17) is 5.11 Å². The van der Waals surface area contributed by atoms with Gasteiger partial charge in [-0.25, -0.2) is 32.2 Å². The van der Waals surface area contributed by atoms with Crippen molar-refractivity contribution in [1.29, 1.82) is 0 Å². The van der Waals surface area contributed by atoms with Gasteiger partial charge in [-0.3, -0.25) is 14.4 Å². The molecule has 3 aliphatic rings. The molecule has 2 saturated heterocycles. The molecule has 1 aromatic carbocycles. The Balaban J connectivity index is 1.28. The number of halogens is 2. The lowest BCUT2D eigenvalue weighted by Crippen LogP contribution is -2.40. The second kappa shape index (κ2) is 11.5. The molecule has 2 aliphatic heterocycles. The third-order valence-corrected chi connectivity index (χ3v) is 10.0. The van der Waals surface area contributed by atoms with Crippen molar-refractivity contribution >= 4 is 44.2 Å². The van der Waals surface area contributed by atoms with Crippen molar-refractivity contribution < 1.29 is 27.1 Å². The Bertz CT molecular complexity index is 1610. The number of benzene rings is 1. The van der Waals surface area contributed by atoms with Gasteiger partial charge < -0.3 is 15.3 Å². The Morgan fingerprint density at radius 1 is 1.02 bits per heavy atom. The van der Waals surface area contributed by atoms with E-state index in [-0.39, 0.29) is 31.7 Å². The molecule has 3 aromatic rings. The van der Waals surface area contributed by atoms with Crippen LogP contribution in [0.4, 0.5) is 26.1 Å². The van der Waals surface area contributed by atoms with Gasteiger partial charge in [0.25, 0.3) is 11.8 Å². The molecule has 1 amide bonds. The lowest BCUT2D eigenvalue weighted by Gasteiger charge is -2.33. The SMILES string of the molecule is O=C(Nc1cc2cncnc2c(N2CCC(F)(F)CC2)n1)c1ccc(NS(=O)(=O)CCO)cc1CN1CCC2(CC1)CC2. The molecule has 2 aromatic heterocycles. The van der Waals surface area contributed by atoms with E-state index in [2.05, 4.69) is 29.9 Å². The summed E-state index contributed by atoms with van der Waals surface area (Å²) >= 11 is 0. The minimum Gasteiger partial charge on any atom is -0.395 e. The molecule has 43 heavy (non-hydrogen) atoms. The molecule has 1 spiro atoms. The summed E-state index contributed by atoms with van der Waals surface area (Å²) in [7, 11) is -3.75. The average molecular weight is 616 g/mol. The first kappa shape index (κ1) is 29.6. The second-order valence-corrected chi connectivity index (χ2v) is 13.7. The van der Waals surface area contributed by atoms with Gasteiger partial charge in [0.1, 0.15) is 17.7 Å². The van der Waals surface area contributed by atoms with Crippen LogP contribution in [-0.2, 0) is 16.6 Å². The Kier molecular flexibility index (Phi) is 7.94. The first-order chi connectivity index (χ1) is 20.5. The highest BCUT2D eigenvalue weighted by Gasteiger charge is 2.44. The zero-order valence-electron chi connectivity index (χ0n) is 23.7. The maximum atomic E-state index is 13.9. The first-order valence-electron chi connectivity index (χ1n) is 14.6. The summed E-state index contributed by atoms with van der Waals surface area (Å²) < 4.78 is 54.9. The van der Waals surface area contributed by atoms with Crippen molar-refractivity contribution in [2.75, 3.05) is 53.5 Å². The fraction of sp³-hybridized carbons (Fsp3) is 0.517. The van der Waals surface area contributed by atoms with E-state index in [1.165, 1.54) is 25.2 Å². The van der Waals surface area contributed by atoms with Crippen LogP contribution in [0.25, 0.3) is 10.9 Å². The summed E-state index contributed by atoms with van der Waals surface area (Å²) in [4.78, 5) is 30.8. The van der Waals surface area contributed by atoms with Gasteiger partial charge >= 0.3 is 0 Å². The maximum Gasteiger partial charge on any atom is 0.257 e. The smallest absolute Gasteiger partial charge is 0.257 e. The van der Waals surface area contributed by atoms with E-state index in [1.54, 1.807) is 29.3 Å². The van der Waals surface area contributed by atoms with Gasteiger partial charge in [-0.15, -0.1) is 0 Å². The van der Waals surface area contributed by atoms with Crippen LogP contribution in [0.1, 0.15) is 54.4 Å². The van der Waals surface area contributed by atoms with Crippen LogP contribution in [0.2, 0.25) is 0 Å². The number of hydrogen-bond acceptors (Lipinski definition) is 9. The van der Waals surface area contributed by atoms with E-state index in [0.29, 0.717) is 45.5 Å². The first-order valence-corrected chi connectivity index (χ1v) is 16.2. The van der Waals surface area contributed by atoms with E-state index in [9.17, 15) is 22.0 Å². The highest BCUT2D eigenvalue weighted by Crippen LogP contribution is 2.53. The van der Waals surface area contributed by atoms with Gasteiger partial charge in [0.05, 0.1) is 12.4 Å².